The lowest BCUT2D eigenvalue weighted by Gasteiger charge is -2.17. The highest BCUT2D eigenvalue weighted by atomic mass is 35.5. The minimum Gasteiger partial charge on any atom is -0.481 e. The van der Waals surface area contributed by atoms with Crippen molar-refractivity contribution in [2.24, 2.45) is 5.92 Å². The smallest absolute Gasteiger partial charge is 0.403 e. The Balaban J connectivity index is 2.26. The molecule has 10 heteroatoms. The van der Waals surface area contributed by atoms with Gasteiger partial charge in [0.15, 0.2) is 5.92 Å². The van der Waals surface area contributed by atoms with Gasteiger partial charge in [-0.25, -0.2) is 0 Å². The lowest BCUT2D eigenvalue weighted by molar-refractivity contribution is -0.190. The van der Waals surface area contributed by atoms with Crippen molar-refractivity contribution < 1.29 is 23.1 Å². The Morgan fingerprint density at radius 1 is 1.45 bits per heavy atom. The molecule has 0 radical (unpaired) electrons. The molecule has 1 aromatic carbocycles. The van der Waals surface area contributed by atoms with Crippen LogP contribution in [-0.4, -0.2) is 32.5 Å². The molecule has 0 saturated carbocycles. The van der Waals surface area contributed by atoms with Crippen molar-refractivity contribution in [1.82, 2.24) is 8.75 Å². The van der Waals surface area contributed by atoms with E-state index < -0.39 is 24.6 Å². The van der Waals surface area contributed by atoms with Crippen LogP contribution in [0.15, 0.2) is 12.1 Å². The summed E-state index contributed by atoms with van der Waals surface area (Å²) in [7, 11) is 0. The largest absolute Gasteiger partial charge is 0.481 e. The first-order chi connectivity index (χ1) is 9.30. The van der Waals surface area contributed by atoms with Crippen LogP contribution in [0.3, 0.4) is 0 Å². The van der Waals surface area contributed by atoms with Crippen LogP contribution in [0.25, 0.3) is 11.0 Å². The maximum absolute atomic E-state index is 12.5. The second kappa shape index (κ2) is 5.41. The highest BCUT2D eigenvalue weighted by Gasteiger charge is 2.45. The maximum Gasteiger partial charge on any atom is 0.403 e. The Bertz CT molecular complexity index is 646. The first kappa shape index (κ1) is 14.8. The van der Waals surface area contributed by atoms with Crippen LogP contribution in [0.5, 0.6) is 0 Å². The number of rotatable bonds is 4. The average molecular weight is 326 g/mol. The number of aromatic nitrogens is 2. The summed E-state index contributed by atoms with van der Waals surface area (Å²) in [5.41, 5.74) is 0.933. The Morgan fingerprint density at radius 2 is 2.15 bits per heavy atom. The van der Waals surface area contributed by atoms with Gasteiger partial charge in [0.2, 0.25) is 0 Å². The summed E-state index contributed by atoms with van der Waals surface area (Å²) in [4.78, 5) is 10.6. The summed E-state index contributed by atoms with van der Waals surface area (Å²) in [5, 5.41) is 11.2. The Kier molecular flexibility index (Phi) is 4.00. The quantitative estimate of drug-likeness (QED) is 0.903. The van der Waals surface area contributed by atoms with Crippen molar-refractivity contribution in [3.8, 4) is 0 Å². The fourth-order valence-corrected chi connectivity index (χ4v) is 2.30. The van der Waals surface area contributed by atoms with E-state index in [0.717, 1.165) is 11.7 Å². The topological polar surface area (TPSA) is 75.1 Å². The molecule has 20 heavy (non-hydrogen) atoms. The number of anilines is 1. The van der Waals surface area contributed by atoms with Gasteiger partial charge in [0.1, 0.15) is 11.0 Å². The molecule has 0 fully saturated rings. The van der Waals surface area contributed by atoms with Gasteiger partial charge in [-0.1, -0.05) is 11.6 Å². The van der Waals surface area contributed by atoms with Crippen molar-refractivity contribution in [3.63, 3.8) is 0 Å². The zero-order valence-electron chi connectivity index (χ0n) is 9.61. The SMILES string of the molecule is O=C(O)C(CNc1c(Cl)ccc2nsnc12)C(F)(F)F. The number of aliphatic carboxylic acids is 1. The molecule has 2 aromatic rings. The number of carboxylic acid groups (broad SMARTS) is 1. The van der Waals surface area contributed by atoms with Crippen LogP contribution in [0, 0.1) is 5.92 Å². The molecular formula is C10H7ClF3N3O2S. The average Bonchev–Trinajstić information content (AvgIpc) is 2.78. The fraction of sp³-hybridized carbons (Fsp3) is 0.300. The van der Waals surface area contributed by atoms with E-state index in [0.29, 0.717) is 11.0 Å². The second-order valence-electron chi connectivity index (χ2n) is 3.87. The first-order valence-corrected chi connectivity index (χ1v) is 6.35. The third kappa shape index (κ3) is 2.93. The van der Waals surface area contributed by atoms with Crippen LogP contribution in [0.2, 0.25) is 5.02 Å². The molecule has 0 aliphatic carbocycles. The molecule has 108 valence electrons. The Hall–Kier alpha value is -1.61. The van der Waals surface area contributed by atoms with Gasteiger partial charge in [0.05, 0.1) is 22.4 Å². The van der Waals surface area contributed by atoms with Crippen LogP contribution in [0.4, 0.5) is 18.9 Å². The molecule has 1 atom stereocenters. The van der Waals surface area contributed by atoms with Gasteiger partial charge >= 0.3 is 12.1 Å². The summed E-state index contributed by atoms with van der Waals surface area (Å²) in [5.74, 6) is -4.48. The number of halogens is 4. The van der Waals surface area contributed by atoms with Gasteiger partial charge in [-0.05, 0) is 12.1 Å². The van der Waals surface area contributed by atoms with E-state index >= 15 is 0 Å². The molecule has 5 nitrogen and oxygen atoms in total. The molecule has 0 aliphatic rings. The summed E-state index contributed by atoms with van der Waals surface area (Å²) >= 11 is 6.77. The minimum atomic E-state index is -4.85. The maximum atomic E-state index is 12.5. The number of hydrogen-bond donors (Lipinski definition) is 2. The van der Waals surface area contributed by atoms with Crippen molar-refractivity contribution in [2.75, 3.05) is 11.9 Å². The standard InChI is InChI=1S/C10H7ClF3N3O2S/c11-5-1-2-6-8(17-20-16-6)7(5)15-3-4(9(18)19)10(12,13)14/h1-2,4,15H,3H2,(H,18,19). The molecule has 0 aliphatic heterocycles. The number of fused-ring (bicyclic) bond motifs is 1. The molecule has 0 spiro atoms. The zero-order chi connectivity index (χ0) is 14.9. The highest BCUT2D eigenvalue weighted by molar-refractivity contribution is 7.00. The molecule has 0 saturated heterocycles. The summed E-state index contributed by atoms with van der Waals surface area (Å²) < 4.78 is 45.5. The van der Waals surface area contributed by atoms with Crippen molar-refractivity contribution in [3.05, 3.63) is 17.2 Å². The summed E-state index contributed by atoms with van der Waals surface area (Å²) in [6.45, 7) is -0.838. The van der Waals surface area contributed by atoms with Gasteiger partial charge in [-0.15, -0.1) is 0 Å². The third-order valence-electron chi connectivity index (χ3n) is 2.55. The number of nitrogens with zero attached hydrogens (tertiary/aromatic N) is 2. The third-order valence-corrected chi connectivity index (χ3v) is 3.41. The number of benzene rings is 1. The van der Waals surface area contributed by atoms with Gasteiger partial charge in [-0.3, -0.25) is 4.79 Å². The molecule has 2 rings (SSSR count). The van der Waals surface area contributed by atoms with Gasteiger partial charge in [0, 0.05) is 6.54 Å². The van der Waals surface area contributed by atoms with E-state index in [2.05, 4.69) is 14.1 Å². The molecule has 1 unspecified atom stereocenters. The number of hydrogen-bond acceptors (Lipinski definition) is 5. The zero-order valence-corrected chi connectivity index (χ0v) is 11.2. The van der Waals surface area contributed by atoms with Gasteiger partial charge < -0.3 is 10.4 Å². The first-order valence-electron chi connectivity index (χ1n) is 5.25. The molecule has 1 heterocycles. The minimum absolute atomic E-state index is 0.147. The van der Waals surface area contributed by atoms with Gasteiger partial charge in [0.25, 0.3) is 0 Å². The lowest BCUT2D eigenvalue weighted by atomic mass is 10.1. The van der Waals surface area contributed by atoms with E-state index in [1.54, 1.807) is 6.07 Å². The number of alkyl halides is 3. The number of carboxylic acids is 1. The van der Waals surface area contributed by atoms with E-state index in [9.17, 15) is 18.0 Å². The van der Waals surface area contributed by atoms with Crippen molar-refractivity contribution >= 4 is 46.0 Å². The molecule has 2 N–H and O–H groups in total. The summed E-state index contributed by atoms with van der Waals surface area (Å²) in [6.07, 6.45) is -4.85. The number of nitrogens with one attached hydrogen (secondary N) is 1. The van der Waals surface area contributed by atoms with Crippen LogP contribution < -0.4 is 5.32 Å². The molecule has 0 amide bonds. The lowest BCUT2D eigenvalue weighted by Crippen LogP contribution is -2.36. The van der Waals surface area contributed by atoms with Crippen molar-refractivity contribution in [2.45, 2.75) is 6.18 Å². The van der Waals surface area contributed by atoms with E-state index in [1.165, 1.54) is 6.07 Å². The normalized spacial score (nSPS) is 13.4. The number of carbonyl (C=O) groups is 1. The van der Waals surface area contributed by atoms with Crippen LogP contribution in [0.1, 0.15) is 0 Å². The fourth-order valence-electron chi connectivity index (χ4n) is 1.54. The van der Waals surface area contributed by atoms with E-state index in [1.807, 2.05) is 0 Å². The second-order valence-corrected chi connectivity index (χ2v) is 4.80. The molecule has 0 bridgehead atoms. The summed E-state index contributed by atoms with van der Waals surface area (Å²) in [6, 6.07) is 3.03. The predicted octanol–water partition coefficient (Wildman–Crippen LogP) is 3.02. The van der Waals surface area contributed by atoms with Crippen LogP contribution >= 0.6 is 23.3 Å². The van der Waals surface area contributed by atoms with E-state index in [4.69, 9.17) is 16.7 Å². The molecule has 1 aromatic heterocycles. The van der Waals surface area contributed by atoms with Crippen LogP contribution in [-0.2, 0) is 4.79 Å². The Labute approximate surface area is 119 Å². The van der Waals surface area contributed by atoms with Crippen molar-refractivity contribution in [1.29, 1.82) is 0 Å². The predicted molar refractivity (Wildman–Crippen MR) is 68.1 cm³/mol. The Morgan fingerprint density at radius 3 is 2.75 bits per heavy atom. The monoisotopic (exact) mass is 325 g/mol. The van der Waals surface area contributed by atoms with Gasteiger partial charge in [-0.2, -0.15) is 21.9 Å². The molecular weight excluding hydrogens is 319 g/mol. The highest BCUT2D eigenvalue weighted by Crippen LogP contribution is 2.32. The van der Waals surface area contributed by atoms with E-state index in [-0.39, 0.29) is 10.7 Å².